The Morgan fingerprint density at radius 2 is 1.79 bits per heavy atom. The van der Waals surface area contributed by atoms with Gasteiger partial charge in [0.15, 0.2) is 0 Å². The fourth-order valence-corrected chi connectivity index (χ4v) is 2.90. The Labute approximate surface area is 92.8 Å². The van der Waals surface area contributed by atoms with Crippen LogP contribution in [-0.2, 0) is 5.41 Å². The quantitative estimate of drug-likeness (QED) is 0.860. The van der Waals surface area contributed by atoms with E-state index < -0.39 is 0 Å². The van der Waals surface area contributed by atoms with Crippen molar-refractivity contribution >= 4 is 15.9 Å². The first-order valence-corrected chi connectivity index (χ1v) is 6.03. The Kier molecular flexibility index (Phi) is 1.80. The molecule has 74 valence electrons. The third-order valence-corrected chi connectivity index (χ3v) is 4.29. The Balaban J connectivity index is 1.91. The van der Waals surface area contributed by atoms with Crippen LogP contribution in [0, 0.1) is 5.92 Å². The van der Waals surface area contributed by atoms with Crippen molar-refractivity contribution in [3.05, 3.63) is 34.3 Å². The first-order chi connectivity index (χ1) is 6.72. The molecule has 0 aliphatic heterocycles. The maximum absolute atomic E-state index is 5.95. The Morgan fingerprint density at radius 3 is 2.21 bits per heavy atom. The van der Waals surface area contributed by atoms with Crippen LogP contribution in [0.3, 0.4) is 0 Å². The molecule has 14 heavy (non-hydrogen) atoms. The molecular formula is C12H14BrN. The molecule has 0 spiro atoms. The van der Waals surface area contributed by atoms with E-state index in [2.05, 4.69) is 40.2 Å². The highest BCUT2D eigenvalue weighted by atomic mass is 79.9. The fraction of sp³-hybridized carbons (Fsp3) is 0.500. The molecule has 0 aromatic heterocycles. The Bertz CT molecular complexity index is 353. The molecule has 2 heteroatoms. The van der Waals surface area contributed by atoms with E-state index in [1.807, 2.05) is 0 Å². The number of nitrogens with two attached hydrogens (primary N) is 1. The lowest BCUT2D eigenvalue weighted by atomic mass is 9.90. The lowest BCUT2D eigenvalue weighted by molar-refractivity contribution is 0.578. The van der Waals surface area contributed by atoms with Gasteiger partial charge in [-0.25, -0.2) is 0 Å². The summed E-state index contributed by atoms with van der Waals surface area (Å²) in [6, 6.07) is 9.26. The number of hydrogen-bond donors (Lipinski definition) is 1. The molecule has 2 saturated carbocycles. The maximum Gasteiger partial charge on any atom is 0.0175 e. The summed E-state index contributed by atoms with van der Waals surface area (Å²) in [4.78, 5) is 0. The minimum absolute atomic E-state index is 0.472. The predicted molar refractivity (Wildman–Crippen MR) is 61.1 cm³/mol. The van der Waals surface area contributed by atoms with Crippen LogP contribution in [0.1, 0.15) is 24.8 Å². The van der Waals surface area contributed by atoms with Crippen molar-refractivity contribution in [2.24, 2.45) is 11.7 Å². The molecule has 2 N–H and O–H groups in total. The third kappa shape index (κ3) is 1.24. The number of hydrogen-bond acceptors (Lipinski definition) is 1. The van der Waals surface area contributed by atoms with Gasteiger partial charge in [-0.15, -0.1) is 0 Å². The standard InChI is InChI=1S/C12H14BrN/c13-9-3-1-8(2-4-9)12(5-6-12)10-7-11(10)14/h1-4,10-11H,5-7,14H2/t10-,11-/m1/s1. The van der Waals surface area contributed by atoms with Gasteiger partial charge >= 0.3 is 0 Å². The smallest absolute Gasteiger partial charge is 0.0175 e. The average Bonchev–Trinajstić information content (AvgIpc) is 3.02. The van der Waals surface area contributed by atoms with Crippen LogP contribution in [0.5, 0.6) is 0 Å². The maximum atomic E-state index is 5.95. The van der Waals surface area contributed by atoms with Crippen LogP contribution >= 0.6 is 15.9 Å². The van der Waals surface area contributed by atoms with Gasteiger partial charge in [0, 0.05) is 10.5 Å². The molecule has 0 unspecified atom stereocenters. The van der Waals surface area contributed by atoms with Gasteiger partial charge in [0.2, 0.25) is 0 Å². The largest absolute Gasteiger partial charge is 0.327 e. The Morgan fingerprint density at radius 1 is 1.21 bits per heavy atom. The van der Waals surface area contributed by atoms with E-state index in [1.165, 1.54) is 24.8 Å². The van der Waals surface area contributed by atoms with Crippen LogP contribution in [0.2, 0.25) is 0 Å². The highest BCUT2D eigenvalue weighted by molar-refractivity contribution is 9.10. The third-order valence-electron chi connectivity index (χ3n) is 3.76. The van der Waals surface area contributed by atoms with Gasteiger partial charge < -0.3 is 5.73 Å². The van der Waals surface area contributed by atoms with E-state index in [-0.39, 0.29) is 0 Å². The van der Waals surface area contributed by atoms with E-state index in [0.717, 1.165) is 10.4 Å². The van der Waals surface area contributed by atoms with Gasteiger partial charge in [-0.1, -0.05) is 28.1 Å². The summed E-state index contributed by atoms with van der Waals surface area (Å²) >= 11 is 3.47. The van der Waals surface area contributed by atoms with Crippen LogP contribution in [0.25, 0.3) is 0 Å². The van der Waals surface area contributed by atoms with Crippen molar-refractivity contribution in [2.75, 3.05) is 0 Å². The van der Waals surface area contributed by atoms with Crippen molar-refractivity contribution in [3.8, 4) is 0 Å². The molecule has 3 rings (SSSR count). The minimum Gasteiger partial charge on any atom is -0.327 e. The summed E-state index contributed by atoms with van der Waals surface area (Å²) in [5.74, 6) is 0.767. The lowest BCUT2D eigenvalue weighted by Crippen LogP contribution is -2.15. The van der Waals surface area contributed by atoms with Crippen LogP contribution in [0.4, 0.5) is 0 Å². The van der Waals surface area contributed by atoms with E-state index in [0.29, 0.717) is 11.5 Å². The number of benzene rings is 1. The highest BCUT2D eigenvalue weighted by Gasteiger charge is 2.58. The molecule has 0 saturated heterocycles. The zero-order valence-electron chi connectivity index (χ0n) is 8.04. The molecule has 1 nitrogen and oxygen atoms in total. The molecule has 2 atom stereocenters. The van der Waals surface area contributed by atoms with Crippen LogP contribution in [0.15, 0.2) is 28.7 Å². The van der Waals surface area contributed by atoms with Gasteiger partial charge in [-0.05, 0) is 48.3 Å². The first kappa shape index (κ1) is 8.93. The van der Waals surface area contributed by atoms with Crippen molar-refractivity contribution < 1.29 is 0 Å². The molecule has 0 bridgehead atoms. The van der Waals surface area contributed by atoms with Gasteiger partial charge in [0.25, 0.3) is 0 Å². The zero-order valence-corrected chi connectivity index (χ0v) is 9.63. The summed E-state index contributed by atoms with van der Waals surface area (Å²) in [7, 11) is 0. The summed E-state index contributed by atoms with van der Waals surface area (Å²) in [6.45, 7) is 0. The lowest BCUT2D eigenvalue weighted by Gasteiger charge is -2.14. The van der Waals surface area contributed by atoms with Crippen LogP contribution < -0.4 is 5.73 Å². The van der Waals surface area contributed by atoms with Gasteiger partial charge in [0.05, 0.1) is 0 Å². The molecule has 0 heterocycles. The van der Waals surface area contributed by atoms with Crippen molar-refractivity contribution in [2.45, 2.75) is 30.7 Å². The second-order valence-corrected chi connectivity index (χ2v) is 5.58. The van der Waals surface area contributed by atoms with E-state index in [1.54, 1.807) is 0 Å². The molecule has 2 fully saturated rings. The summed E-state index contributed by atoms with van der Waals surface area (Å²) < 4.78 is 1.16. The molecule has 0 radical (unpaired) electrons. The second kappa shape index (κ2) is 2.83. The van der Waals surface area contributed by atoms with Crippen molar-refractivity contribution in [1.29, 1.82) is 0 Å². The normalized spacial score (nSPS) is 32.7. The average molecular weight is 252 g/mol. The highest BCUT2D eigenvalue weighted by Crippen LogP contribution is 2.61. The monoisotopic (exact) mass is 251 g/mol. The summed E-state index contributed by atoms with van der Waals surface area (Å²) in [6.07, 6.45) is 3.91. The molecule has 1 aromatic rings. The van der Waals surface area contributed by atoms with Crippen molar-refractivity contribution in [3.63, 3.8) is 0 Å². The predicted octanol–water partition coefficient (Wildman–Crippen LogP) is 2.83. The van der Waals surface area contributed by atoms with E-state index in [4.69, 9.17) is 5.73 Å². The summed E-state index contributed by atoms with van der Waals surface area (Å²) in [5.41, 5.74) is 7.92. The van der Waals surface area contributed by atoms with E-state index >= 15 is 0 Å². The second-order valence-electron chi connectivity index (χ2n) is 4.67. The zero-order chi connectivity index (χ0) is 9.76. The van der Waals surface area contributed by atoms with Gasteiger partial charge in [-0.2, -0.15) is 0 Å². The minimum atomic E-state index is 0.472. The van der Waals surface area contributed by atoms with Gasteiger partial charge in [-0.3, -0.25) is 0 Å². The summed E-state index contributed by atoms with van der Waals surface area (Å²) in [5, 5.41) is 0. The topological polar surface area (TPSA) is 26.0 Å². The Hall–Kier alpha value is -0.340. The molecule has 2 aliphatic rings. The molecular weight excluding hydrogens is 238 g/mol. The fourth-order valence-electron chi connectivity index (χ4n) is 2.64. The van der Waals surface area contributed by atoms with Crippen LogP contribution in [-0.4, -0.2) is 6.04 Å². The number of rotatable bonds is 2. The van der Waals surface area contributed by atoms with Crippen molar-refractivity contribution in [1.82, 2.24) is 0 Å². The SMILES string of the molecule is N[C@@H]1C[C@H]1C1(c2ccc(Br)cc2)CC1. The van der Waals surface area contributed by atoms with Gasteiger partial charge in [0.1, 0.15) is 0 Å². The molecule has 1 aromatic carbocycles. The number of halogens is 1. The first-order valence-electron chi connectivity index (χ1n) is 5.24. The van der Waals surface area contributed by atoms with E-state index in [9.17, 15) is 0 Å². The molecule has 0 amide bonds. The molecule has 2 aliphatic carbocycles.